The molecule has 3 rings (SSSR count). The van der Waals surface area contributed by atoms with E-state index in [9.17, 15) is 14.9 Å². The van der Waals surface area contributed by atoms with E-state index < -0.39 is 4.92 Å². The number of aromatic nitrogens is 1. The van der Waals surface area contributed by atoms with Crippen molar-refractivity contribution < 1.29 is 19.2 Å². The Kier molecular flexibility index (Phi) is 6.43. The summed E-state index contributed by atoms with van der Waals surface area (Å²) in [6.07, 6.45) is 3.43. The predicted molar refractivity (Wildman–Crippen MR) is 111 cm³/mol. The Labute approximate surface area is 172 Å². The van der Waals surface area contributed by atoms with Crippen molar-refractivity contribution in [2.24, 2.45) is 5.10 Å². The molecular weight excluding hydrogens is 388 g/mol. The van der Waals surface area contributed by atoms with Gasteiger partial charge in [0.05, 0.1) is 37.5 Å². The summed E-state index contributed by atoms with van der Waals surface area (Å²) in [5, 5.41) is 14.8. The molecule has 3 aromatic rings. The number of amides is 1. The van der Waals surface area contributed by atoms with Crippen molar-refractivity contribution in [3.05, 3.63) is 82.2 Å². The average molecular weight is 408 g/mol. The molecule has 0 saturated heterocycles. The summed E-state index contributed by atoms with van der Waals surface area (Å²) in [5.74, 6) is 0.853. The predicted octanol–water partition coefficient (Wildman–Crippen LogP) is 3.10. The standard InChI is InChI=1S/C21H20N4O5/c1-29-19-10-5-15(12-20(19)30-2)13-21(26)23-22-14-18-4-3-11-24(18)16-6-8-17(9-7-16)25(27)28/h3-12,14H,13H2,1-2H3,(H,23,26)/b22-14-. The number of benzene rings is 2. The molecule has 0 bridgehead atoms. The molecule has 1 heterocycles. The van der Waals surface area contributed by atoms with Crippen LogP contribution in [0, 0.1) is 10.1 Å². The summed E-state index contributed by atoms with van der Waals surface area (Å²) in [4.78, 5) is 22.5. The van der Waals surface area contributed by atoms with E-state index in [2.05, 4.69) is 10.5 Å². The Balaban J connectivity index is 1.64. The Morgan fingerprint density at radius 3 is 2.53 bits per heavy atom. The lowest BCUT2D eigenvalue weighted by atomic mass is 10.1. The molecule has 9 nitrogen and oxygen atoms in total. The van der Waals surface area contributed by atoms with Crippen LogP contribution >= 0.6 is 0 Å². The first kappa shape index (κ1) is 20.6. The van der Waals surface area contributed by atoms with Crippen LogP contribution in [0.1, 0.15) is 11.3 Å². The van der Waals surface area contributed by atoms with Crippen molar-refractivity contribution in [3.8, 4) is 17.2 Å². The molecule has 0 unspecified atom stereocenters. The second-order valence-electron chi connectivity index (χ2n) is 6.24. The molecule has 0 aliphatic rings. The number of nitrogens with one attached hydrogen (secondary N) is 1. The van der Waals surface area contributed by atoms with Crippen molar-refractivity contribution >= 4 is 17.8 Å². The topological polar surface area (TPSA) is 108 Å². The molecule has 1 amide bonds. The Morgan fingerprint density at radius 2 is 1.87 bits per heavy atom. The molecule has 0 fully saturated rings. The van der Waals surface area contributed by atoms with Gasteiger partial charge in [0.25, 0.3) is 5.69 Å². The van der Waals surface area contributed by atoms with E-state index in [1.807, 2.05) is 12.1 Å². The van der Waals surface area contributed by atoms with Crippen molar-refractivity contribution in [1.82, 2.24) is 9.99 Å². The van der Waals surface area contributed by atoms with Crippen LogP contribution < -0.4 is 14.9 Å². The highest BCUT2D eigenvalue weighted by Crippen LogP contribution is 2.27. The zero-order chi connectivity index (χ0) is 21.5. The zero-order valence-electron chi connectivity index (χ0n) is 16.4. The number of nitrogens with zero attached hydrogens (tertiary/aromatic N) is 3. The number of carbonyl (C=O) groups is 1. The Morgan fingerprint density at radius 1 is 1.13 bits per heavy atom. The summed E-state index contributed by atoms with van der Waals surface area (Å²) in [6.45, 7) is 0. The molecule has 1 aromatic heterocycles. The molecule has 0 aliphatic heterocycles. The van der Waals surface area contributed by atoms with Gasteiger partial charge in [0.15, 0.2) is 11.5 Å². The fourth-order valence-corrected chi connectivity index (χ4v) is 2.86. The normalized spacial score (nSPS) is 10.7. The maximum Gasteiger partial charge on any atom is 0.269 e. The summed E-state index contributed by atoms with van der Waals surface area (Å²) in [5.41, 5.74) is 4.71. The average Bonchev–Trinajstić information content (AvgIpc) is 3.22. The van der Waals surface area contributed by atoms with Crippen molar-refractivity contribution in [1.29, 1.82) is 0 Å². The molecule has 30 heavy (non-hydrogen) atoms. The number of hydrazone groups is 1. The SMILES string of the molecule is COc1ccc(CC(=O)N/N=C\c2cccn2-c2ccc([N+](=O)[O-])cc2)cc1OC. The lowest BCUT2D eigenvalue weighted by molar-refractivity contribution is -0.384. The highest BCUT2D eigenvalue weighted by atomic mass is 16.6. The number of hydrogen-bond acceptors (Lipinski definition) is 6. The monoisotopic (exact) mass is 408 g/mol. The minimum absolute atomic E-state index is 0.0172. The van der Waals surface area contributed by atoms with Crippen molar-refractivity contribution in [2.45, 2.75) is 6.42 Å². The van der Waals surface area contributed by atoms with Gasteiger partial charge in [-0.1, -0.05) is 6.07 Å². The van der Waals surface area contributed by atoms with E-state index in [0.717, 1.165) is 11.3 Å². The van der Waals surface area contributed by atoms with Crippen LogP contribution in [-0.2, 0) is 11.2 Å². The van der Waals surface area contributed by atoms with E-state index in [4.69, 9.17) is 9.47 Å². The molecule has 1 N–H and O–H groups in total. The number of non-ortho nitro benzene ring substituents is 1. The van der Waals surface area contributed by atoms with Gasteiger partial charge in [0, 0.05) is 24.0 Å². The molecule has 154 valence electrons. The minimum atomic E-state index is -0.449. The van der Waals surface area contributed by atoms with Crippen LogP contribution in [0.4, 0.5) is 5.69 Å². The number of nitro groups is 1. The van der Waals surface area contributed by atoms with Crippen LogP contribution in [-0.4, -0.2) is 35.8 Å². The number of ether oxygens (including phenoxy) is 2. The van der Waals surface area contributed by atoms with Gasteiger partial charge in [-0.25, -0.2) is 5.43 Å². The van der Waals surface area contributed by atoms with Gasteiger partial charge in [0.1, 0.15) is 0 Å². The smallest absolute Gasteiger partial charge is 0.269 e. The molecular formula is C21H20N4O5. The quantitative estimate of drug-likeness (QED) is 0.350. The van der Waals surface area contributed by atoms with E-state index >= 15 is 0 Å². The van der Waals surface area contributed by atoms with Gasteiger partial charge < -0.3 is 14.0 Å². The third kappa shape index (κ3) is 4.82. The molecule has 9 heteroatoms. The maximum atomic E-state index is 12.2. The van der Waals surface area contributed by atoms with Crippen molar-refractivity contribution in [2.75, 3.05) is 14.2 Å². The highest BCUT2D eigenvalue weighted by molar-refractivity contribution is 5.83. The fourth-order valence-electron chi connectivity index (χ4n) is 2.86. The third-order valence-electron chi connectivity index (χ3n) is 4.32. The van der Waals surface area contributed by atoms with E-state index in [0.29, 0.717) is 17.2 Å². The van der Waals surface area contributed by atoms with Gasteiger partial charge in [-0.05, 0) is 42.0 Å². The number of methoxy groups -OCH3 is 2. The first-order valence-electron chi connectivity index (χ1n) is 8.97. The number of rotatable bonds is 8. The minimum Gasteiger partial charge on any atom is -0.493 e. The fraction of sp³-hybridized carbons (Fsp3) is 0.143. The molecule has 0 atom stereocenters. The van der Waals surface area contributed by atoms with Gasteiger partial charge in [-0.2, -0.15) is 5.10 Å². The van der Waals surface area contributed by atoms with Crippen molar-refractivity contribution in [3.63, 3.8) is 0 Å². The number of nitro benzene ring substituents is 1. The van der Waals surface area contributed by atoms with Gasteiger partial charge >= 0.3 is 0 Å². The van der Waals surface area contributed by atoms with Gasteiger partial charge in [0.2, 0.25) is 5.91 Å². The molecule has 2 aromatic carbocycles. The molecule has 0 aliphatic carbocycles. The summed E-state index contributed by atoms with van der Waals surface area (Å²) >= 11 is 0. The van der Waals surface area contributed by atoms with Gasteiger partial charge in [-0.15, -0.1) is 0 Å². The first-order chi connectivity index (χ1) is 14.5. The lowest BCUT2D eigenvalue weighted by Crippen LogP contribution is -2.20. The van der Waals surface area contributed by atoms with Gasteiger partial charge in [-0.3, -0.25) is 14.9 Å². The first-order valence-corrected chi connectivity index (χ1v) is 8.97. The second kappa shape index (κ2) is 9.37. The summed E-state index contributed by atoms with van der Waals surface area (Å²) in [7, 11) is 3.08. The Bertz CT molecular complexity index is 1070. The van der Waals surface area contributed by atoms with Crippen LogP contribution in [0.5, 0.6) is 11.5 Å². The summed E-state index contributed by atoms with van der Waals surface area (Å²) in [6, 6.07) is 15.0. The summed E-state index contributed by atoms with van der Waals surface area (Å²) < 4.78 is 12.2. The lowest BCUT2D eigenvalue weighted by Gasteiger charge is -2.09. The van der Waals surface area contributed by atoms with Crippen LogP contribution in [0.25, 0.3) is 5.69 Å². The third-order valence-corrected chi connectivity index (χ3v) is 4.32. The van der Waals surface area contributed by atoms with Crippen LogP contribution in [0.2, 0.25) is 0 Å². The second-order valence-corrected chi connectivity index (χ2v) is 6.24. The molecule has 0 radical (unpaired) electrons. The molecule has 0 saturated carbocycles. The van der Waals surface area contributed by atoms with E-state index in [1.54, 1.807) is 48.2 Å². The Hall–Kier alpha value is -4.14. The molecule has 0 spiro atoms. The van der Waals surface area contributed by atoms with Crippen LogP contribution in [0.15, 0.2) is 65.9 Å². The highest BCUT2D eigenvalue weighted by Gasteiger charge is 2.09. The number of hydrogen-bond donors (Lipinski definition) is 1. The van der Waals surface area contributed by atoms with E-state index in [1.165, 1.54) is 25.5 Å². The maximum absolute atomic E-state index is 12.2. The number of carbonyl (C=O) groups excluding carboxylic acids is 1. The van der Waals surface area contributed by atoms with Crippen LogP contribution in [0.3, 0.4) is 0 Å². The largest absolute Gasteiger partial charge is 0.493 e. The van der Waals surface area contributed by atoms with E-state index in [-0.39, 0.29) is 18.0 Å². The zero-order valence-corrected chi connectivity index (χ0v) is 16.4.